The van der Waals surface area contributed by atoms with Crippen LogP contribution in [0.3, 0.4) is 0 Å². The molecule has 0 fully saturated rings. The van der Waals surface area contributed by atoms with Crippen molar-refractivity contribution in [3.05, 3.63) is 71.6 Å². The molecular weight excluding hydrogens is 362 g/mol. The van der Waals surface area contributed by atoms with Crippen LogP contribution in [0, 0.1) is 0 Å². The molecule has 0 aliphatic heterocycles. The first-order valence-corrected chi connectivity index (χ1v) is 10.3. The smallest absolute Gasteiger partial charge is 0.227 e. The third-order valence-electron chi connectivity index (χ3n) is 5.18. The van der Waals surface area contributed by atoms with E-state index in [4.69, 9.17) is 4.52 Å². The molecule has 0 saturated heterocycles. The zero-order chi connectivity index (χ0) is 20.6. The Balaban J connectivity index is 1.49. The van der Waals surface area contributed by atoms with Crippen molar-refractivity contribution in [2.45, 2.75) is 51.9 Å². The normalized spacial score (nSPS) is 12.1. The highest BCUT2D eigenvalue weighted by Gasteiger charge is 2.13. The van der Waals surface area contributed by atoms with Crippen molar-refractivity contribution in [1.82, 2.24) is 15.5 Å². The molecule has 0 aliphatic carbocycles. The van der Waals surface area contributed by atoms with Gasteiger partial charge in [-0.3, -0.25) is 4.79 Å². The first kappa shape index (κ1) is 20.8. The van der Waals surface area contributed by atoms with E-state index in [1.165, 1.54) is 11.1 Å². The van der Waals surface area contributed by atoms with Gasteiger partial charge in [-0.25, -0.2) is 0 Å². The third kappa shape index (κ3) is 5.76. The second-order valence-corrected chi connectivity index (χ2v) is 7.61. The number of carbonyl (C=O) groups excluding carboxylic acids is 1. The molecule has 1 amide bonds. The lowest BCUT2D eigenvalue weighted by Gasteiger charge is -2.16. The van der Waals surface area contributed by atoms with Crippen LogP contribution in [0.2, 0.25) is 0 Å². The van der Waals surface area contributed by atoms with Gasteiger partial charge in [0.25, 0.3) is 0 Å². The molecule has 5 heteroatoms. The van der Waals surface area contributed by atoms with Crippen molar-refractivity contribution in [2.75, 3.05) is 6.54 Å². The molecule has 152 valence electrons. The summed E-state index contributed by atoms with van der Waals surface area (Å²) in [5, 5.41) is 7.08. The van der Waals surface area contributed by atoms with E-state index in [-0.39, 0.29) is 5.91 Å². The van der Waals surface area contributed by atoms with Crippen LogP contribution < -0.4 is 5.32 Å². The number of aryl methyl sites for hydroxylation is 1. The lowest BCUT2D eigenvalue weighted by atomic mass is 9.96. The van der Waals surface area contributed by atoms with Crippen molar-refractivity contribution in [2.24, 2.45) is 0 Å². The highest BCUT2D eigenvalue weighted by molar-refractivity contribution is 5.76. The van der Waals surface area contributed by atoms with Crippen LogP contribution in [-0.2, 0) is 11.2 Å². The van der Waals surface area contributed by atoms with Crippen LogP contribution in [-0.4, -0.2) is 22.6 Å². The highest BCUT2D eigenvalue weighted by atomic mass is 16.5. The molecular formula is C24H29N3O2. The fraction of sp³-hybridized carbons (Fsp3) is 0.375. The summed E-state index contributed by atoms with van der Waals surface area (Å²) in [5.74, 6) is 1.85. The highest BCUT2D eigenvalue weighted by Crippen LogP contribution is 2.21. The number of aromatic nitrogens is 2. The molecule has 3 rings (SSSR count). The fourth-order valence-corrected chi connectivity index (χ4v) is 3.26. The van der Waals surface area contributed by atoms with Gasteiger partial charge in [-0.2, -0.15) is 4.98 Å². The van der Waals surface area contributed by atoms with Gasteiger partial charge in [0, 0.05) is 30.9 Å². The topological polar surface area (TPSA) is 68.0 Å². The number of nitrogens with zero attached hydrogens (tertiary/aromatic N) is 2. The van der Waals surface area contributed by atoms with Crippen LogP contribution in [0.5, 0.6) is 0 Å². The van der Waals surface area contributed by atoms with E-state index in [0.29, 0.717) is 42.9 Å². The molecule has 1 heterocycles. The van der Waals surface area contributed by atoms with Crippen molar-refractivity contribution in [1.29, 1.82) is 0 Å². The Hall–Kier alpha value is -2.95. The van der Waals surface area contributed by atoms with Crippen LogP contribution in [0.25, 0.3) is 11.4 Å². The largest absolute Gasteiger partial charge is 0.355 e. The summed E-state index contributed by atoms with van der Waals surface area (Å²) in [5.41, 5.74) is 3.44. The maximum Gasteiger partial charge on any atom is 0.227 e. The summed E-state index contributed by atoms with van der Waals surface area (Å²) in [7, 11) is 0. The summed E-state index contributed by atoms with van der Waals surface area (Å²) in [4.78, 5) is 16.7. The van der Waals surface area contributed by atoms with E-state index in [2.05, 4.69) is 60.5 Å². The van der Waals surface area contributed by atoms with E-state index in [9.17, 15) is 4.79 Å². The van der Waals surface area contributed by atoms with Crippen LogP contribution in [0.15, 0.2) is 59.1 Å². The summed E-state index contributed by atoms with van der Waals surface area (Å²) in [6.07, 6.45) is 1.75. The van der Waals surface area contributed by atoms with Crippen LogP contribution >= 0.6 is 0 Å². The third-order valence-corrected chi connectivity index (χ3v) is 5.18. The second-order valence-electron chi connectivity index (χ2n) is 7.61. The van der Waals surface area contributed by atoms with Crippen LogP contribution in [0.4, 0.5) is 0 Å². The Labute approximate surface area is 172 Å². The average Bonchev–Trinajstić information content (AvgIpc) is 3.22. The van der Waals surface area contributed by atoms with Gasteiger partial charge >= 0.3 is 0 Å². The second kappa shape index (κ2) is 10.0. The molecule has 3 aromatic rings. The molecule has 29 heavy (non-hydrogen) atoms. The molecule has 1 N–H and O–H groups in total. The van der Waals surface area contributed by atoms with E-state index in [1.807, 2.05) is 30.3 Å². The minimum Gasteiger partial charge on any atom is -0.355 e. The van der Waals surface area contributed by atoms with Gasteiger partial charge in [0.1, 0.15) is 0 Å². The first-order chi connectivity index (χ1) is 14.1. The monoisotopic (exact) mass is 391 g/mol. The first-order valence-electron chi connectivity index (χ1n) is 10.3. The summed E-state index contributed by atoms with van der Waals surface area (Å²) >= 11 is 0. The van der Waals surface area contributed by atoms with E-state index >= 15 is 0 Å². The van der Waals surface area contributed by atoms with Crippen molar-refractivity contribution in [3.63, 3.8) is 0 Å². The SMILES string of the molecule is CCC(CNC(=O)CCc1nc(-c2ccc(C(C)C)cc2)no1)c1ccccc1. The Morgan fingerprint density at radius 1 is 1.03 bits per heavy atom. The van der Waals surface area contributed by atoms with Crippen molar-refractivity contribution >= 4 is 5.91 Å². The standard InChI is InChI=1S/C24H29N3O2/c1-4-18(20-8-6-5-7-9-20)16-25-22(28)14-15-23-26-24(27-29-23)21-12-10-19(11-13-21)17(2)3/h5-13,17-18H,4,14-16H2,1-3H3,(H,25,28). The predicted octanol–water partition coefficient (Wildman–Crippen LogP) is 5.10. The molecule has 0 spiro atoms. The van der Waals surface area contributed by atoms with Gasteiger partial charge in [0.15, 0.2) is 0 Å². The average molecular weight is 392 g/mol. The molecule has 1 atom stereocenters. The van der Waals surface area contributed by atoms with Gasteiger partial charge in [-0.1, -0.05) is 80.5 Å². The lowest BCUT2D eigenvalue weighted by Crippen LogP contribution is -2.28. The summed E-state index contributed by atoms with van der Waals surface area (Å²) in [6, 6.07) is 18.5. The summed E-state index contributed by atoms with van der Waals surface area (Å²) < 4.78 is 5.32. The van der Waals surface area contributed by atoms with Gasteiger partial charge in [0.2, 0.25) is 17.6 Å². The zero-order valence-corrected chi connectivity index (χ0v) is 17.4. The van der Waals surface area contributed by atoms with E-state index < -0.39 is 0 Å². The number of hydrogen-bond donors (Lipinski definition) is 1. The van der Waals surface area contributed by atoms with E-state index in [1.54, 1.807) is 0 Å². The van der Waals surface area contributed by atoms with Gasteiger partial charge in [-0.05, 0) is 23.5 Å². The number of hydrogen-bond acceptors (Lipinski definition) is 4. The Morgan fingerprint density at radius 2 is 1.76 bits per heavy atom. The summed E-state index contributed by atoms with van der Waals surface area (Å²) in [6.45, 7) is 7.10. The maximum absolute atomic E-state index is 12.2. The quantitative estimate of drug-likeness (QED) is 0.551. The number of rotatable bonds is 9. The number of carbonyl (C=O) groups is 1. The Morgan fingerprint density at radius 3 is 2.41 bits per heavy atom. The molecule has 2 aromatic carbocycles. The predicted molar refractivity (Wildman–Crippen MR) is 115 cm³/mol. The van der Waals surface area contributed by atoms with Crippen LogP contribution in [0.1, 0.15) is 62.5 Å². The van der Waals surface area contributed by atoms with Crippen molar-refractivity contribution < 1.29 is 9.32 Å². The number of nitrogens with one attached hydrogen (secondary N) is 1. The molecule has 0 radical (unpaired) electrons. The van der Waals surface area contributed by atoms with Gasteiger partial charge in [-0.15, -0.1) is 0 Å². The molecule has 1 unspecified atom stereocenters. The minimum atomic E-state index is 0.000387. The zero-order valence-electron chi connectivity index (χ0n) is 17.4. The number of amides is 1. The molecule has 5 nitrogen and oxygen atoms in total. The maximum atomic E-state index is 12.2. The van der Waals surface area contributed by atoms with Gasteiger partial charge in [0.05, 0.1) is 0 Å². The van der Waals surface area contributed by atoms with Crippen molar-refractivity contribution in [3.8, 4) is 11.4 Å². The lowest BCUT2D eigenvalue weighted by molar-refractivity contribution is -0.121. The fourth-order valence-electron chi connectivity index (χ4n) is 3.26. The van der Waals surface area contributed by atoms with Gasteiger partial charge < -0.3 is 9.84 Å². The molecule has 0 bridgehead atoms. The Bertz CT molecular complexity index is 901. The molecule has 0 aliphatic rings. The molecule has 0 saturated carbocycles. The minimum absolute atomic E-state index is 0.000387. The number of benzene rings is 2. The molecule has 1 aromatic heterocycles. The Kier molecular flexibility index (Phi) is 7.17. The van der Waals surface area contributed by atoms with E-state index in [0.717, 1.165) is 12.0 Å².